The maximum absolute atomic E-state index is 12.9. The van der Waals surface area contributed by atoms with Crippen LogP contribution in [0.1, 0.15) is 73.1 Å². The van der Waals surface area contributed by atoms with E-state index < -0.39 is 13.7 Å². The summed E-state index contributed by atoms with van der Waals surface area (Å²) in [6, 6.07) is -0.267. The molecule has 0 rings (SSSR count). The van der Waals surface area contributed by atoms with Crippen LogP contribution in [0.4, 0.5) is 4.79 Å². The van der Waals surface area contributed by atoms with Crippen LogP contribution in [0.2, 0.25) is 19.6 Å². The molecule has 0 unspecified atom stereocenters. The van der Waals surface area contributed by atoms with E-state index in [0.717, 1.165) is 19.3 Å². The summed E-state index contributed by atoms with van der Waals surface area (Å²) < 4.78 is 5.66. The second-order valence-corrected chi connectivity index (χ2v) is 13.9. The summed E-state index contributed by atoms with van der Waals surface area (Å²) in [6.07, 6.45) is 5.63. The molecule has 152 valence electrons. The van der Waals surface area contributed by atoms with Gasteiger partial charge in [0.15, 0.2) is 0 Å². The molecule has 0 aromatic heterocycles. The zero-order valence-electron chi connectivity index (χ0n) is 18.3. The van der Waals surface area contributed by atoms with E-state index in [0.29, 0.717) is 6.42 Å². The van der Waals surface area contributed by atoms with Crippen LogP contribution in [0.3, 0.4) is 0 Å². The zero-order valence-corrected chi connectivity index (χ0v) is 19.3. The van der Waals surface area contributed by atoms with Gasteiger partial charge in [-0.15, -0.1) is 5.54 Å². The van der Waals surface area contributed by atoms with Crippen molar-refractivity contribution in [2.75, 3.05) is 6.61 Å². The second kappa shape index (κ2) is 11.7. The van der Waals surface area contributed by atoms with Crippen LogP contribution in [0.15, 0.2) is 0 Å². The first kappa shape index (κ1) is 25.0. The number of nitrogens with zero attached hydrogens (tertiary/aromatic N) is 1. The molecule has 0 radical (unpaired) electrons. The van der Waals surface area contributed by atoms with Crippen molar-refractivity contribution in [1.29, 1.82) is 0 Å². The number of ether oxygens (including phenoxy) is 1. The molecule has 0 aromatic carbocycles. The number of aliphatic hydroxyl groups is 1. The van der Waals surface area contributed by atoms with E-state index in [1.54, 1.807) is 4.90 Å². The van der Waals surface area contributed by atoms with Crippen molar-refractivity contribution < 1.29 is 14.6 Å². The fourth-order valence-corrected chi connectivity index (χ4v) is 3.20. The molecule has 4 nitrogen and oxygen atoms in total. The normalized spacial score (nSPS) is 14.2. The van der Waals surface area contributed by atoms with E-state index in [9.17, 15) is 9.90 Å². The number of hydrogen-bond donors (Lipinski definition) is 1. The van der Waals surface area contributed by atoms with Crippen LogP contribution in [0, 0.1) is 11.5 Å². The van der Waals surface area contributed by atoms with Crippen molar-refractivity contribution in [2.45, 2.75) is 110 Å². The van der Waals surface area contributed by atoms with Gasteiger partial charge in [0.05, 0.1) is 6.04 Å². The molecule has 0 aliphatic rings. The molecule has 0 saturated carbocycles. The van der Waals surface area contributed by atoms with Crippen molar-refractivity contribution >= 4 is 14.2 Å². The highest BCUT2D eigenvalue weighted by Crippen LogP contribution is 2.20. The number of amides is 1. The lowest BCUT2D eigenvalue weighted by Gasteiger charge is -2.35. The topological polar surface area (TPSA) is 49.8 Å². The molecule has 0 aromatic rings. The molecule has 2 atom stereocenters. The van der Waals surface area contributed by atoms with Crippen molar-refractivity contribution in [1.82, 2.24) is 4.90 Å². The Kier molecular flexibility index (Phi) is 11.2. The van der Waals surface area contributed by atoms with Crippen molar-refractivity contribution in [2.24, 2.45) is 0 Å². The highest BCUT2D eigenvalue weighted by atomic mass is 28.3. The third-order valence-corrected chi connectivity index (χ3v) is 4.80. The van der Waals surface area contributed by atoms with Crippen LogP contribution >= 0.6 is 0 Å². The third kappa shape index (κ3) is 11.6. The number of hydrogen-bond acceptors (Lipinski definition) is 3. The Hall–Kier alpha value is -0.993. The molecule has 0 spiro atoms. The lowest BCUT2D eigenvalue weighted by atomic mass is 10.0. The van der Waals surface area contributed by atoms with Gasteiger partial charge in [0.2, 0.25) is 0 Å². The fraction of sp³-hybridized carbons (Fsp3) is 0.857. The van der Waals surface area contributed by atoms with Gasteiger partial charge in [-0.25, -0.2) is 4.79 Å². The van der Waals surface area contributed by atoms with Gasteiger partial charge in [-0.05, 0) is 40.5 Å². The van der Waals surface area contributed by atoms with E-state index in [2.05, 4.69) is 38.0 Å². The molecular weight excluding hydrogens is 342 g/mol. The highest BCUT2D eigenvalue weighted by molar-refractivity contribution is 6.83. The van der Waals surface area contributed by atoms with Crippen LogP contribution in [-0.4, -0.2) is 48.5 Å². The smallest absolute Gasteiger partial charge is 0.411 e. The number of unbranched alkanes of at least 4 members (excludes halogenated alkanes) is 3. The summed E-state index contributed by atoms with van der Waals surface area (Å²) in [7, 11) is -1.54. The van der Waals surface area contributed by atoms with Gasteiger partial charge in [0, 0.05) is 12.6 Å². The quantitative estimate of drug-likeness (QED) is 0.337. The minimum Gasteiger partial charge on any atom is -0.444 e. The van der Waals surface area contributed by atoms with Gasteiger partial charge in [-0.1, -0.05) is 58.2 Å². The molecule has 1 amide bonds. The van der Waals surface area contributed by atoms with Crippen LogP contribution < -0.4 is 0 Å². The lowest BCUT2D eigenvalue weighted by molar-refractivity contribution is 0.00896. The van der Waals surface area contributed by atoms with E-state index in [1.165, 1.54) is 12.8 Å². The fourth-order valence-electron chi connectivity index (χ4n) is 2.60. The Morgan fingerprint density at radius 2 is 1.77 bits per heavy atom. The minimum atomic E-state index is -1.54. The van der Waals surface area contributed by atoms with Crippen LogP contribution in [0.5, 0.6) is 0 Å². The average Bonchev–Trinajstić information content (AvgIpc) is 2.46. The Balaban J connectivity index is 5.56. The average molecular weight is 384 g/mol. The zero-order chi connectivity index (χ0) is 20.4. The molecule has 0 bridgehead atoms. The van der Waals surface area contributed by atoms with Crippen molar-refractivity contribution in [3.63, 3.8) is 0 Å². The van der Waals surface area contributed by atoms with Gasteiger partial charge in [0.25, 0.3) is 0 Å². The first-order valence-electron chi connectivity index (χ1n) is 10.1. The summed E-state index contributed by atoms with van der Waals surface area (Å²) in [4.78, 5) is 14.7. The van der Waals surface area contributed by atoms with Gasteiger partial charge in [-0.2, -0.15) is 0 Å². The standard InChI is InChI=1S/C21H41NO3Si/c1-9-10-11-12-13-19(15-17-26(6,7)8)22(18(2)14-16-23)20(24)25-21(3,4)5/h18-19,23H,9-14,16H2,1-8H3/t18-,19+/m0/s1. The Labute approximate surface area is 162 Å². The summed E-state index contributed by atoms with van der Waals surface area (Å²) in [5.74, 6) is 3.40. The Morgan fingerprint density at radius 3 is 2.23 bits per heavy atom. The maximum atomic E-state index is 12.9. The number of rotatable bonds is 9. The molecule has 5 heteroatoms. The molecule has 0 aliphatic heterocycles. The third-order valence-electron chi connectivity index (χ3n) is 3.91. The largest absolute Gasteiger partial charge is 0.444 e. The van der Waals surface area contributed by atoms with Gasteiger partial charge in [0.1, 0.15) is 13.7 Å². The first-order chi connectivity index (χ1) is 11.9. The maximum Gasteiger partial charge on any atom is 0.411 e. The monoisotopic (exact) mass is 383 g/mol. The van der Waals surface area contributed by atoms with E-state index in [-0.39, 0.29) is 24.8 Å². The predicted molar refractivity (Wildman–Crippen MR) is 113 cm³/mol. The summed E-state index contributed by atoms with van der Waals surface area (Å²) in [5.41, 5.74) is 2.89. The highest BCUT2D eigenvalue weighted by Gasteiger charge is 2.31. The number of carbonyl (C=O) groups excluding carboxylic acids is 1. The van der Waals surface area contributed by atoms with E-state index in [4.69, 9.17) is 4.74 Å². The van der Waals surface area contributed by atoms with Gasteiger partial charge in [-0.3, -0.25) is 4.90 Å². The Morgan fingerprint density at radius 1 is 1.15 bits per heavy atom. The summed E-state index contributed by atoms with van der Waals surface area (Å²) >= 11 is 0. The Bertz CT molecular complexity index is 468. The molecule has 0 saturated heterocycles. The molecule has 0 fully saturated rings. The van der Waals surface area contributed by atoms with Crippen molar-refractivity contribution in [3.8, 4) is 11.5 Å². The van der Waals surface area contributed by atoms with E-state index >= 15 is 0 Å². The van der Waals surface area contributed by atoms with E-state index in [1.807, 2.05) is 27.7 Å². The second-order valence-electron chi connectivity index (χ2n) is 9.13. The molecule has 0 heterocycles. The molecule has 26 heavy (non-hydrogen) atoms. The lowest BCUT2D eigenvalue weighted by Crippen LogP contribution is -2.48. The summed E-state index contributed by atoms with van der Waals surface area (Å²) in [5, 5.41) is 9.38. The summed E-state index contributed by atoms with van der Waals surface area (Å²) in [6.45, 7) is 16.5. The number of aliphatic hydroxyl groups excluding tert-OH is 1. The van der Waals surface area contributed by atoms with Gasteiger partial charge >= 0.3 is 6.09 Å². The van der Waals surface area contributed by atoms with Gasteiger partial charge < -0.3 is 9.84 Å². The molecule has 0 aliphatic carbocycles. The molecular formula is C21H41NO3Si. The van der Waals surface area contributed by atoms with Crippen molar-refractivity contribution in [3.05, 3.63) is 0 Å². The number of carbonyl (C=O) groups is 1. The van der Waals surface area contributed by atoms with Crippen LogP contribution in [0.25, 0.3) is 0 Å². The minimum absolute atomic E-state index is 0.0461. The predicted octanol–water partition coefficient (Wildman–Crippen LogP) is 5.21. The van der Waals surface area contributed by atoms with Crippen LogP contribution in [-0.2, 0) is 4.74 Å². The molecule has 1 N–H and O–H groups in total. The SMILES string of the molecule is CCCCCC[C@H](C#C[Si](C)(C)C)N(C(=O)OC(C)(C)C)[C@@H](C)CCO. The first-order valence-corrected chi connectivity index (χ1v) is 13.6.